The number of carbonyl (C=O) groups is 2. The van der Waals surface area contributed by atoms with Crippen molar-refractivity contribution in [2.24, 2.45) is 9.98 Å². The topological polar surface area (TPSA) is 107 Å². The monoisotopic (exact) mass is 524 g/mol. The molecule has 0 radical (unpaired) electrons. The quantitative estimate of drug-likeness (QED) is 0.394. The summed E-state index contributed by atoms with van der Waals surface area (Å²) in [6, 6.07) is 21.6. The maximum atomic E-state index is 12.8. The normalized spacial score (nSPS) is 13.7. The summed E-state index contributed by atoms with van der Waals surface area (Å²) in [6.45, 7) is 3.24. The Hall–Kier alpha value is -3.88. The van der Waals surface area contributed by atoms with Crippen LogP contribution in [0.15, 0.2) is 82.8 Å². The maximum Gasteiger partial charge on any atom is 0.255 e. The largest absolute Gasteiger partial charge is 0.368 e. The Labute approximate surface area is 221 Å². The predicted octanol–water partition coefficient (Wildman–Crippen LogP) is 3.73. The molecule has 2 aliphatic rings. The van der Waals surface area contributed by atoms with Gasteiger partial charge in [-0.15, -0.1) is 24.8 Å². The molecule has 4 N–H and O–H groups in total. The molecule has 0 saturated heterocycles. The van der Waals surface area contributed by atoms with Gasteiger partial charge in [-0.2, -0.15) is 0 Å². The number of amides is 2. The average Bonchev–Trinajstić information content (AvgIpc) is 3.60. The van der Waals surface area contributed by atoms with Crippen LogP contribution >= 0.6 is 24.8 Å². The van der Waals surface area contributed by atoms with Gasteiger partial charge in [0.1, 0.15) is 11.7 Å². The molecule has 5 rings (SSSR count). The number of hydrogen-bond acceptors (Lipinski definition) is 6. The molecule has 0 bridgehead atoms. The fourth-order valence-electron chi connectivity index (χ4n) is 3.81. The molecule has 2 aliphatic heterocycles. The first kappa shape index (κ1) is 26.7. The van der Waals surface area contributed by atoms with Gasteiger partial charge in [0.15, 0.2) is 0 Å². The zero-order valence-corrected chi connectivity index (χ0v) is 20.9. The van der Waals surface area contributed by atoms with Crippen LogP contribution in [0.4, 0.5) is 11.4 Å². The Morgan fingerprint density at radius 2 is 1.06 bits per heavy atom. The van der Waals surface area contributed by atoms with E-state index < -0.39 is 0 Å². The number of hydrogen-bond donors (Lipinski definition) is 4. The standard InChI is InChI=1S/C26H24N6O2.2ClH/c33-25(31-21-8-4-17(5-9-21)23-27-12-13-28-23)19-2-1-3-20(16-19)26(34)32-22-10-6-18(7-11-22)24-29-14-15-30-24;;/h1-11,16H,12-15H2,(H,27,28)(H,29,30)(H,31,33)(H,32,34);2*1H. The zero-order valence-electron chi connectivity index (χ0n) is 19.3. The number of nitrogens with zero attached hydrogens (tertiary/aromatic N) is 2. The lowest BCUT2D eigenvalue weighted by atomic mass is 10.1. The van der Waals surface area contributed by atoms with Gasteiger partial charge in [0.05, 0.1) is 13.1 Å². The summed E-state index contributed by atoms with van der Waals surface area (Å²) >= 11 is 0. The second-order valence-electron chi connectivity index (χ2n) is 7.96. The van der Waals surface area contributed by atoms with Gasteiger partial charge < -0.3 is 21.3 Å². The van der Waals surface area contributed by atoms with Gasteiger partial charge in [-0.3, -0.25) is 19.6 Å². The van der Waals surface area contributed by atoms with E-state index in [1.54, 1.807) is 24.3 Å². The highest BCUT2D eigenvalue weighted by Crippen LogP contribution is 2.16. The smallest absolute Gasteiger partial charge is 0.255 e. The second kappa shape index (κ2) is 12.2. The minimum atomic E-state index is -0.284. The van der Waals surface area contributed by atoms with E-state index in [9.17, 15) is 9.59 Å². The van der Waals surface area contributed by atoms with Crippen molar-refractivity contribution in [1.82, 2.24) is 10.6 Å². The average molecular weight is 525 g/mol. The van der Waals surface area contributed by atoms with Crippen molar-refractivity contribution >= 4 is 59.7 Å². The van der Waals surface area contributed by atoms with Crippen LogP contribution in [-0.4, -0.2) is 49.7 Å². The fraction of sp³-hybridized carbons (Fsp3) is 0.154. The molecule has 8 nitrogen and oxygen atoms in total. The Kier molecular flexibility index (Phi) is 9.05. The first-order chi connectivity index (χ1) is 16.7. The van der Waals surface area contributed by atoms with E-state index in [1.165, 1.54) is 0 Å². The summed E-state index contributed by atoms with van der Waals surface area (Å²) in [6.07, 6.45) is 0. The van der Waals surface area contributed by atoms with Crippen LogP contribution in [0, 0.1) is 0 Å². The number of halogens is 2. The van der Waals surface area contributed by atoms with E-state index in [-0.39, 0.29) is 36.6 Å². The number of benzene rings is 3. The fourth-order valence-corrected chi connectivity index (χ4v) is 3.81. The first-order valence-corrected chi connectivity index (χ1v) is 11.2. The molecular weight excluding hydrogens is 499 g/mol. The number of aliphatic imine (C=N–C) groups is 2. The second-order valence-corrected chi connectivity index (χ2v) is 7.96. The summed E-state index contributed by atoms with van der Waals surface area (Å²) in [7, 11) is 0. The van der Waals surface area contributed by atoms with Gasteiger partial charge in [0.2, 0.25) is 0 Å². The lowest BCUT2D eigenvalue weighted by Gasteiger charge is -2.09. The van der Waals surface area contributed by atoms with Crippen LogP contribution in [0.1, 0.15) is 31.8 Å². The van der Waals surface area contributed by atoms with E-state index >= 15 is 0 Å². The summed E-state index contributed by atoms with van der Waals surface area (Å²) in [5.74, 6) is 1.17. The van der Waals surface area contributed by atoms with Gasteiger partial charge in [0.25, 0.3) is 11.8 Å². The van der Waals surface area contributed by atoms with Crippen molar-refractivity contribution in [3.8, 4) is 0 Å². The molecule has 0 fully saturated rings. The van der Waals surface area contributed by atoms with Gasteiger partial charge >= 0.3 is 0 Å². The minimum Gasteiger partial charge on any atom is -0.368 e. The van der Waals surface area contributed by atoms with Crippen molar-refractivity contribution in [2.75, 3.05) is 36.8 Å². The molecule has 2 heterocycles. The van der Waals surface area contributed by atoms with E-state index in [0.717, 1.165) is 49.0 Å². The third kappa shape index (κ3) is 6.21. The summed E-state index contributed by atoms with van der Waals surface area (Å²) in [4.78, 5) is 34.3. The van der Waals surface area contributed by atoms with E-state index in [1.807, 2.05) is 48.5 Å². The molecule has 36 heavy (non-hydrogen) atoms. The molecule has 2 amide bonds. The lowest BCUT2D eigenvalue weighted by Crippen LogP contribution is -2.19. The molecule has 3 aromatic rings. The number of rotatable bonds is 6. The van der Waals surface area contributed by atoms with Crippen molar-refractivity contribution < 1.29 is 9.59 Å². The molecule has 0 aromatic heterocycles. The van der Waals surface area contributed by atoms with Gasteiger partial charge in [0, 0.05) is 46.7 Å². The third-order valence-corrected chi connectivity index (χ3v) is 5.57. The van der Waals surface area contributed by atoms with Crippen molar-refractivity contribution in [3.63, 3.8) is 0 Å². The van der Waals surface area contributed by atoms with Crippen LogP contribution in [0.3, 0.4) is 0 Å². The highest BCUT2D eigenvalue weighted by atomic mass is 35.5. The maximum absolute atomic E-state index is 12.8. The number of nitrogens with one attached hydrogen (secondary N) is 4. The molecule has 0 unspecified atom stereocenters. The number of anilines is 2. The zero-order chi connectivity index (χ0) is 23.3. The number of amidine groups is 2. The molecule has 0 atom stereocenters. The van der Waals surface area contributed by atoms with E-state index in [0.29, 0.717) is 22.5 Å². The van der Waals surface area contributed by atoms with Crippen molar-refractivity contribution in [2.45, 2.75) is 0 Å². The summed E-state index contributed by atoms with van der Waals surface area (Å²) in [5.41, 5.74) is 4.11. The molecule has 0 saturated carbocycles. The molecular formula is C26H26Cl2N6O2. The Morgan fingerprint density at radius 1 is 0.639 bits per heavy atom. The Bertz CT molecular complexity index is 1190. The van der Waals surface area contributed by atoms with Gasteiger partial charge in [-0.1, -0.05) is 6.07 Å². The lowest BCUT2D eigenvalue weighted by molar-refractivity contribution is 0.102. The Morgan fingerprint density at radius 3 is 1.42 bits per heavy atom. The van der Waals surface area contributed by atoms with Crippen LogP contribution in [0.25, 0.3) is 0 Å². The van der Waals surface area contributed by atoms with Crippen molar-refractivity contribution in [3.05, 3.63) is 95.1 Å². The van der Waals surface area contributed by atoms with Crippen LogP contribution in [-0.2, 0) is 0 Å². The van der Waals surface area contributed by atoms with Crippen LogP contribution < -0.4 is 21.3 Å². The van der Waals surface area contributed by atoms with Gasteiger partial charge in [-0.25, -0.2) is 0 Å². The summed E-state index contributed by atoms with van der Waals surface area (Å²) in [5, 5.41) is 12.2. The molecule has 0 spiro atoms. The minimum absolute atomic E-state index is 0. The first-order valence-electron chi connectivity index (χ1n) is 11.2. The van der Waals surface area contributed by atoms with Crippen LogP contribution in [0.2, 0.25) is 0 Å². The Balaban J connectivity index is 0.00000180. The third-order valence-electron chi connectivity index (χ3n) is 5.57. The SMILES string of the molecule is Cl.Cl.O=C(Nc1ccc(C2=NCCN2)cc1)c1cccc(C(=O)Nc2ccc(C3=NCCN3)cc2)c1. The summed E-state index contributed by atoms with van der Waals surface area (Å²) < 4.78 is 0. The molecule has 186 valence electrons. The van der Waals surface area contributed by atoms with Crippen molar-refractivity contribution in [1.29, 1.82) is 0 Å². The molecule has 3 aromatic carbocycles. The highest BCUT2D eigenvalue weighted by molar-refractivity contribution is 6.09. The highest BCUT2D eigenvalue weighted by Gasteiger charge is 2.13. The van der Waals surface area contributed by atoms with E-state index in [4.69, 9.17) is 0 Å². The predicted molar refractivity (Wildman–Crippen MR) is 149 cm³/mol. The van der Waals surface area contributed by atoms with Gasteiger partial charge in [-0.05, 0) is 66.7 Å². The number of carbonyl (C=O) groups excluding carboxylic acids is 2. The van der Waals surface area contributed by atoms with Crippen LogP contribution in [0.5, 0.6) is 0 Å². The molecule has 10 heteroatoms. The molecule has 0 aliphatic carbocycles. The van der Waals surface area contributed by atoms with E-state index in [2.05, 4.69) is 31.3 Å².